The average Bonchev–Trinajstić information content (AvgIpc) is 2.79. The zero-order chi connectivity index (χ0) is 16.4. The van der Waals surface area contributed by atoms with Crippen molar-refractivity contribution in [3.63, 3.8) is 0 Å². The van der Waals surface area contributed by atoms with Crippen molar-refractivity contribution >= 4 is 11.9 Å². The number of hydrogen-bond donors (Lipinski definition) is 2. The Bertz CT molecular complexity index is 732. The van der Waals surface area contributed by atoms with Crippen LogP contribution in [-0.2, 0) is 11.8 Å². The maximum atomic E-state index is 12.4. The van der Waals surface area contributed by atoms with Gasteiger partial charge in [0.2, 0.25) is 0 Å². The Morgan fingerprint density at radius 3 is 2.36 bits per heavy atom. The Morgan fingerprint density at radius 1 is 1.14 bits per heavy atom. The third-order valence-corrected chi connectivity index (χ3v) is 4.09. The lowest BCUT2D eigenvalue weighted by Gasteiger charge is -2.18. The zero-order valence-corrected chi connectivity index (χ0v) is 13.2. The van der Waals surface area contributed by atoms with Crippen LogP contribution in [0, 0.1) is 20.8 Å². The molecule has 116 valence electrons. The van der Waals surface area contributed by atoms with E-state index in [0.717, 1.165) is 16.8 Å². The molecular formula is C17H20N2O3. The summed E-state index contributed by atoms with van der Waals surface area (Å²) in [4.78, 5) is 24.0. The number of nitrogens with zero attached hydrogens (tertiary/aromatic N) is 1. The van der Waals surface area contributed by atoms with Crippen LogP contribution in [0.25, 0.3) is 0 Å². The largest absolute Gasteiger partial charge is 0.479 e. The second kappa shape index (κ2) is 6.05. The summed E-state index contributed by atoms with van der Waals surface area (Å²) >= 11 is 0. The molecule has 0 bridgehead atoms. The van der Waals surface area contributed by atoms with Gasteiger partial charge in [0.05, 0.1) is 0 Å². The summed E-state index contributed by atoms with van der Waals surface area (Å²) in [7, 11) is 1.78. The lowest BCUT2D eigenvalue weighted by molar-refractivity contribution is -0.139. The summed E-state index contributed by atoms with van der Waals surface area (Å²) in [6.07, 6.45) is 0. The number of hydrogen-bond acceptors (Lipinski definition) is 2. The lowest BCUT2D eigenvalue weighted by atomic mass is 9.97. The number of carboxylic acid groups (broad SMARTS) is 1. The second-order valence-electron chi connectivity index (χ2n) is 5.45. The van der Waals surface area contributed by atoms with Crippen LogP contribution in [0.4, 0.5) is 0 Å². The molecular weight excluding hydrogens is 280 g/mol. The van der Waals surface area contributed by atoms with Crippen LogP contribution in [0.2, 0.25) is 0 Å². The summed E-state index contributed by atoms with van der Waals surface area (Å²) in [6.45, 7) is 5.66. The van der Waals surface area contributed by atoms with Gasteiger partial charge in [-0.1, -0.05) is 18.2 Å². The summed E-state index contributed by atoms with van der Waals surface area (Å²) in [6, 6.07) is 7.89. The third kappa shape index (κ3) is 2.88. The van der Waals surface area contributed by atoms with Gasteiger partial charge in [-0.25, -0.2) is 4.79 Å². The molecule has 0 fully saturated rings. The highest BCUT2D eigenvalue weighted by molar-refractivity contribution is 5.95. The lowest BCUT2D eigenvalue weighted by Crippen LogP contribution is -2.35. The van der Waals surface area contributed by atoms with Crippen LogP contribution >= 0.6 is 0 Å². The Balaban J connectivity index is 2.34. The SMILES string of the molecule is Cc1cccc(C(NC(=O)c2ccc(C)n2C)C(=O)O)c1C. The molecule has 1 unspecified atom stereocenters. The molecule has 1 heterocycles. The van der Waals surface area contributed by atoms with Crippen molar-refractivity contribution in [3.8, 4) is 0 Å². The number of nitrogens with one attached hydrogen (secondary N) is 1. The predicted molar refractivity (Wildman–Crippen MR) is 83.9 cm³/mol. The number of carboxylic acids is 1. The van der Waals surface area contributed by atoms with Gasteiger partial charge in [0, 0.05) is 12.7 Å². The minimum absolute atomic E-state index is 0.399. The fraction of sp³-hybridized carbons (Fsp3) is 0.294. The standard InChI is InChI=1S/C17H20N2O3/c1-10-6-5-7-13(12(10)3)15(17(21)22)18-16(20)14-9-8-11(2)19(14)4/h5-9,15H,1-4H3,(H,18,20)(H,21,22). The number of aromatic nitrogens is 1. The topological polar surface area (TPSA) is 71.3 Å². The van der Waals surface area contributed by atoms with Crippen molar-refractivity contribution in [1.82, 2.24) is 9.88 Å². The first-order valence-corrected chi connectivity index (χ1v) is 7.05. The quantitative estimate of drug-likeness (QED) is 0.911. The normalized spacial score (nSPS) is 12.0. The Morgan fingerprint density at radius 2 is 1.82 bits per heavy atom. The molecule has 2 aromatic rings. The number of rotatable bonds is 4. The van der Waals surface area contributed by atoms with E-state index < -0.39 is 17.9 Å². The van der Waals surface area contributed by atoms with E-state index in [1.54, 1.807) is 29.8 Å². The first kappa shape index (κ1) is 15.8. The van der Waals surface area contributed by atoms with E-state index in [-0.39, 0.29) is 0 Å². The van der Waals surface area contributed by atoms with Gasteiger partial charge < -0.3 is 15.0 Å². The van der Waals surface area contributed by atoms with Crippen molar-refractivity contribution in [2.24, 2.45) is 7.05 Å². The molecule has 1 amide bonds. The van der Waals surface area contributed by atoms with Crippen LogP contribution in [0.5, 0.6) is 0 Å². The first-order valence-electron chi connectivity index (χ1n) is 7.05. The summed E-state index contributed by atoms with van der Waals surface area (Å²) in [5.41, 5.74) is 3.84. The average molecular weight is 300 g/mol. The highest BCUT2D eigenvalue weighted by Gasteiger charge is 2.25. The van der Waals surface area contributed by atoms with Gasteiger partial charge in [-0.05, 0) is 49.6 Å². The first-order chi connectivity index (χ1) is 10.3. The Kier molecular flexibility index (Phi) is 4.35. The van der Waals surface area contributed by atoms with Gasteiger partial charge in [0.1, 0.15) is 5.69 Å². The maximum Gasteiger partial charge on any atom is 0.330 e. The fourth-order valence-corrected chi connectivity index (χ4v) is 2.41. The number of amides is 1. The van der Waals surface area contributed by atoms with Crippen LogP contribution < -0.4 is 5.32 Å². The van der Waals surface area contributed by atoms with E-state index >= 15 is 0 Å². The van der Waals surface area contributed by atoms with Gasteiger partial charge in [-0.2, -0.15) is 0 Å². The van der Waals surface area contributed by atoms with E-state index in [4.69, 9.17) is 0 Å². The van der Waals surface area contributed by atoms with Gasteiger partial charge >= 0.3 is 5.97 Å². The summed E-state index contributed by atoms with van der Waals surface area (Å²) in [5.74, 6) is -1.48. The van der Waals surface area contributed by atoms with Crippen molar-refractivity contribution in [2.75, 3.05) is 0 Å². The molecule has 0 aliphatic rings. The van der Waals surface area contributed by atoms with Gasteiger partial charge in [0.15, 0.2) is 6.04 Å². The number of carbonyl (C=O) groups excluding carboxylic acids is 1. The zero-order valence-electron chi connectivity index (χ0n) is 13.2. The third-order valence-electron chi connectivity index (χ3n) is 4.09. The fourth-order valence-electron chi connectivity index (χ4n) is 2.41. The molecule has 0 spiro atoms. The Hall–Kier alpha value is -2.56. The summed E-state index contributed by atoms with van der Waals surface area (Å²) < 4.78 is 1.73. The second-order valence-corrected chi connectivity index (χ2v) is 5.45. The molecule has 2 rings (SSSR count). The predicted octanol–water partition coefficient (Wildman–Crippen LogP) is 2.51. The molecule has 5 heteroatoms. The molecule has 0 aliphatic heterocycles. The van der Waals surface area contributed by atoms with Gasteiger partial charge in [0.25, 0.3) is 5.91 Å². The van der Waals surface area contributed by atoms with Gasteiger partial charge in [-0.15, -0.1) is 0 Å². The molecule has 0 saturated carbocycles. The number of benzene rings is 1. The van der Waals surface area contributed by atoms with Crippen molar-refractivity contribution < 1.29 is 14.7 Å². The van der Waals surface area contributed by atoms with Crippen molar-refractivity contribution in [2.45, 2.75) is 26.8 Å². The van der Waals surface area contributed by atoms with Crippen LogP contribution in [0.3, 0.4) is 0 Å². The number of aliphatic carboxylic acids is 1. The van der Waals surface area contributed by atoms with E-state index in [2.05, 4.69) is 5.32 Å². The molecule has 2 N–H and O–H groups in total. The maximum absolute atomic E-state index is 12.4. The Labute approximate surface area is 129 Å². The molecule has 0 saturated heterocycles. The molecule has 0 aliphatic carbocycles. The van der Waals surface area contributed by atoms with Crippen molar-refractivity contribution in [3.05, 3.63) is 58.4 Å². The molecule has 1 aromatic heterocycles. The highest BCUT2D eigenvalue weighted by Crippen LogP contribution is 2.21. The monoisotopic (exact) mass is 300 g/mol. The number of aryl methyl sites for hydroxylation is 2. The van der Waals surface area contributed by atoms with E-state index in [1.807, 2.05) is 32.9 Å². The molecule has 1 atom stereocenters. The number of carbonyl (C=O) groups is 2. The van der Waals surface area contributed by atoms with Crippen LogP contribution in [-0.4, -0.2) is 21.6 Å². The van der Waals surface area contributed by atoms with Crippen LogP contribution in [0.1, 0.15) is 38.9 Å². The smallest absolute Gasteiger partial charge is 0.330 e. The van der Waals surface area contributed by atoms with E-state index in [9.17, 15) is 14.7 Å². The molecule has 0 radical (unpaired) electrons. The van der Waals surface area contributed by atoms with Crippen LogP contribution in [0.15, 0.2) is 30.3 Å². The highest BCUT2D eigenvalue weighted by atomic mass is 16.4. The van der Waals surface area contributed by atoms with Gasteiger partial charge in [-0.3, -0.25) is 4.79 Å². The van der Waals surface area contributed by atoms with E-state index in [1.165, 1.54) is 0 Å². The minimum atomic E-state index is -1.08. The minimum Gasteiger partial charge on any atom is -0.479 e. The molecule has 1 aromatic carbocycles. The van der Waals surface area contributed by atoms with Crippen molar-refractivity contribution in [1.29, 1.82) is 0 Å². The molecule has 22 heavy (non-hydrogen) atoms. The summed E-state index contributed by atoms with van der Waals surface area (Å²) in [5, 5.41) is 12.1. The molecule has 5 nitrogen and oxygen atoms in total. The van der Waals surface area contributed by atoms with E-state index in [0.29, 0.717) is 11.3 Å².